The van der Waals surface area contributed by atoms with Crippen LogP contribution in [0.5, 0.6) is 0 Å². The van der Waals surface area contributed by atoms with Crippen molar-refractivity contribution in [2.24, 2.45) is 0 Å². The van der Waals surface area contributed by atoms with Crippen LogP contribution >= 0.6 is 0 Å². The summed E-state index contributed by atoms with van der Waals surface area (Å²) in [4.78, 5) is 17.1. The Morgan fingerprint density at radius 2 is 1.70 bits per heavy atom. The maximum atomic E-state index is 13.0. The van der Waals surface area contributed by atoms with E-state index in [2.05, 4.69) is 27.7 Å². The molecule has 1 saturated heterocycles. The zero-order chi connectivity index (χ0) is 18.8. The van der Waals surface area contributed by atoms with Crippen molar-refractivity contribution in [3.05, 3.63) is 71.7 Å². The third kappa shape index (κ3) is 3.88. The number of amides is 1. The van der Waals surface area contributed by atoms with Crippen molar-refractivity contribution >= 4 is 16.8 Å². The monoisotopic (exact) mass is 365 g/mol. The van der Waals surface area contributed by atoms with Crippen molar-refractivity contribution in [1.82, 2.24) is 14.4 Å². The second kappa shape index (κ2) is 7.53. The minimum Gasteiger partial charge on any atom is -0.339 e. The van der Waals surface area contributed by atoms with E-state index in [4.69, 9.17) is 0 Å². The molecule has 1 aromatic heterocycles. The highest BCUT2D eigenvalue weighted by Gasteiger charge is 2.22. The van der Waals surface area contributed by atoms with E-state index in [-0.39, 0.29) is 11.7 Å². The molecule has 1 amide bonds. The smallest absolute Gasteiger partial charge is 0.242 e. The lowest BCUT2D eigenvalue weighted by Gasteiger charge is -2.35. The molecular weight excluding hydrogens is 341 g/mol. The Bertz CT molecular complexity index is 940. The largest absolute Gasteiger partial charge is 0.339 e. The molecule has 27 heavy (non-hydrogen) atoms. The molecule has 2 aromatic carbocycles. The van der Waals surface area contributed by atoms with Crippen LogP contribution in [0, 0.1) is 12.7 Å². The maximum absolute atomic E-state index is 13.0. The third-order valence-electron chi connectivity index (χ3n) is 5.36. The van der Waals surface area contributed by atoms with Gasteiger partial charge in [-0.1, -0.05) is 30.3 Å². The molecule has 0 bridgehead atoms. The fourth-order valence-electron chi connectivity index (χ4n) is 3.80. The van der Waals surface area contributed by atoms with E-state index in [9.17, 15) is 9.18 Å². The zero-order valence-electron chi connectivity index (χ0n) is 15.6. The number of carbonyl (C=O) groups is 1. The summed E-state index contributed by atoms with van der Waals surface area (Å²) >= 11 is 0. The van der Waals surface area contributed by atoms with Crippen LogP contribution < -0.4 is 0 Å². The molecule has 5 heteroatoms. The van der Waals surface area contributed by atoms with Crippen molar-refractivity contribution < 1.29 is 9.18 Å². The van der Waals surface area contributed by atoms with Crippen molar-refractivity contribution in [3.8, 4) is 0 Å². The lowest BCUT2D eigenvalue weighted by Crippen LogP contribution is -2.49. The van der Waals surface area contributed by atoms with Crippen LogP contribution in [0.15, 0.2) is 54.6 Å². The lowest BCUT2D eigenvalue weighted by molar-refractivity contribution is -0.133. The quantitative estimate of drug-likeness (QED) is 0.709. The summed E-state index contributed by atoms with van der Waals surface area (Å²) in [5.74, 6) is -0.0390. The van der Waals surface area contributed by atoms with E-state index < -0.39 is 0 Å². The molecule has 0 spiro atoms. The normalized spacial score (nSPS) is 15.4. The minimum absolute atomic E-state index is 0.167. The van der Waals surface area contributed by atoms with Gasteiger partial charge in [0.2, 0.25) is 5.91 Å². The van der Waals surface area contributed by atoms with Gasteiger partial charge in [-0.15, -0.1) is 0 Å². The Balaban J connectivity index is 1.35. The van der Waals surface area contributed by atoms with Gasteiger partial charge in [0.15, 0.2) is 0 Å². The predicted octanol–water partition coefficient (Wildman–Crippen LogP) is 3.43. The predicted molar refractivity (Wildman–Crippen MR) is 105 cm³/mol. The molecule has 3 aromatic rings. The maximum Gasteiger partial charge on any atom is 0.242 e. The number of aromatic nitrogens is 1. The average molecular weight is 365 g/mol. The first-order valence-electron chi connectivity index (χ1n) is 9.39. The molecule has 2 heterocycles. The Morgan fingerprint density at radius 3 is 2.44 bits per heavy atom. The van der Waals surface area contributed by atoms with Crippen molar-refractivity contribution in [1.29, 1.82) is 0 Å². The van der Waals surface area contributed by atoms with E-state index in [1.165, 1.54) is 17.5 Å². The lowest BCUT2D eigenvalue weighted by atomic mass is 10.2. The van der Waals surface area contributed by atoms with Crippen LogP contribution in [0.25, 0.3) is 10.9 Å². The van der Waals surface area contributed by atoms with Gasteiger partial charge >= 0.3 is 0 Å². The first kappa shape index (κ1) is 17.7. The van der Waals surface area contributed by atoms with Crippen LogP contribution in [0.1, 0.15) is 11.3 Å². The van der Waals surface area contributed by atoms with Gasteiger partial charge < -0.3 is 9.47 Å². The second-order valence-corrected chi connectivity index (χ2v) is 7.21. The molecule has 0 atom stereocenters. The number of benzene rings is 2. The van der Waals surface area contributed by atoms with Gasteiger partial charge in [0.1, 0.15) is 12.4 Å². The van der Waals surface area contributed by atoms with Crippen molar-refractivity contribution in [2.75, 3.05) is 26.2 Å². The first-order chi connectivity index (χ1) is 13.1. The zero-order valence-corrected chi connectivity index (χ0v) is 15.6. The van der Waals surface area contributed by atoms with Crippen molar-refractivity contribution in [2.45, 2.75) is 20.0 Å². The summed E-state index contributed by atoms with van der Waals surface area (Å²) in [7, 11) is 0. The molecule has 1 fully saturated rings. The topological polar surface area (TPSA) is 28.5 Å². The third-order valence-corrected chi connectivity index (χ3v) is 5.36. The second-order valence-electron chi connectivity index (χ2n) is 7.21. The van der Waals surface area contributed by atoms with E-state index in [0.29, 0.717) is 6.54 Å². The molecule has 140 valence electrons. The molecule has 0 unspecified atom stereocenters. The molecule has 4 rings (SSSR count). The van der Waals surface area contributed by atoms with Crippen LogP contribution in [0.3, 0.4) is 0 Å². The Hall–Kier alpha value is -2.66. The minimum atomic E-state index is -0.206. The molecule has 4 nitrogen and oxygen atoms in total. The van der Waals surface area contributed by atoms with E-state index in [1.807, 2.05) is 36.1 Å². The average Bonchev–Trinajstić information content (AvgIpc) is 2.99. The van der Waals surface area contributed by atoms with Gasteiger partial charge in [-0.3, -0.25) is 9.69 Å². The van der Waals surface area contributed by atoms with Crippen LogP contribution in [0.4, 0.5) is 4.39 Å². The number of aryl methyl sites for hydroxylation is 1. The van der Waals surface area contributed by atoms with Gasteiger partial charge in [-0.05, 0) is 42.1 Å². The highest BCUT2D eigenvalue weighted by atomic mass is 19.1. The SMILES string of the molecule is Cc1cc2ccccc2n1CC(=O)N1CCN(Cc2ccc(F)cc2)CC1. The number of carbonyl (C=O) groups excluding carboxylic acids is 1. The summed E-state index contributed by atoms with van der Waals surface area (Å²) in [6.07, 6.45) is 0. The van der Waals surface area contributed by atoms with Crippen LogP contribution in [-0.4, -0.2) is 46.5 Å². The molecule has 0 aliphatic carbocycles. The molecule has 1 aliphatic rings. The Labute approximate surface area is 158 Å². The van der Waals surface area contributed by atoms with Gasteiger partial charge in [0, 0.05) is 43.9 Å². The van der Waals surface area contributed by atoms with E-state index in [0.717, 1.165) is 49.5 Å². The molecule has 0 radical (unpaired) electrons. The van der Waals surface area contributed by atoms with Gasteiger partial charge in [-0.25, -0.2) is 4.39 Å². The van der Waals surface area contributed by atoms with Crippen molar-refractivity contribution in [3.63, 3.8) is 0 Å². The van der Waals surface area contributed by atoms with E-state index >= 15 is 0 Å². The Morgan fingerprint density at radius 1 is 1.00 bits per heavy atom. The summed E-state index contributed by atoms with van der Waals surface area (Å²) in [5.41, 5.74) is 3.32. The standard InChI is InChI=1S/C22H24FN3O/c1-17-14-19-4-2-3-5-21(19)26(17)16-22(27)25-12-10-24(11-13-25)15-18-6-8-20(23)9-7-18/h2-9,14H,10-13,15-16H2,1H3. The molecular formula is C22H24FN3O. The van der Waals surface area contributed by atoms with Gasteiger partial charge in [0.05, 0.1) is 0 Å². The highest BCUT2D eigenvalue weighted by molar-refractivity contribution is 5.84. The molecule has 0 N–H and O–H groups in total. The number of nitrogens with zero attached hydrogens (tertiary/aromatic N) is 3. The fraction of sp³-hybridized carbons (Fsp3) is 0.318. The number of para-hydroxylation sites is 1. The number of halogens is 1. The fourth-order valence-corrected chi connectivity index (χ4v) is 3.80. The van der Waals surface area contributed by atoms with Gasteiger partial charge in [-0.2, -0.15) is 0 Å². The summed E-state index contributed by atoms with van der Waals surface area (Å²) < 4.78 is 15.1. The van der Waals surface area contributed by atoms with E-state index in [1.54, 1.807) is 0 Å². The van der Waals surface area contributed by atoms with Gasteiger partial charge in [0.25, 0.3) is 0 Å². The highest BCUT2D eigenvalue weighted by Crippen LogP contribution is 2.19. The Kier molecular flexibility index (Phi) is 4.94. The number of hydrogen-bond acceptors (Lipinski definition) is 2. The first-order valence-corrected chi connectivity index (χ1v) is 9.39. The molecule has 1 aliphatic heterocycles. The number of hydrogen-bond donors (Lipinski definition) is 0. The van der Waals surface area contributed by atoms with Crippen LogP contribution in [0.2, 0.25) is 0 Å². The van der Waals surface area contributed by atoms with Crippen LogP contribution in [-0.2, 0) is 17.9 Å². The summed E-state index contributed by atoms with van der Waals surface area (Å²) in [5, 5.41) is 1.17. The summed E-state index contributed by atoms with van der Waals surface area (Å²) in [6.45, 7) is 6.38. The molecule has 0 saturated carbocycles. The number of fused-ring (bicyclic) bond motifs is 1. The number of piperazine rings is 1. The summed E-state index contributed by atoms with van der Waals surface area (Å²) in [6, 6.07) is 17.0. The number of rotatable bonds is 4.